The van der Waals surface area contributed by atoms with E-state index in [1.807, 2.05) is 0 Å². The maximum absolute atomic E-state index is 11.8. The van der Waals surface area contributed by atoms with E-state index in [4.69, 9.17) is 9.47 Å². The van der Waals surface area contributed by atoms with E-state index >= 15 is 0 Å². The van der Waals surface area contributed by atoms with E-state index in [9.17, 15) is 19.7 Å². The summed E-state index contributed by atoms with van der Waals surface area (Å²) in [7, 11) is 0. The van der Waals surface area contributed by atoms with Crippen molar-refractivity contribution in [3.8, 4) is 0 Å². The zero-order valence-corrected chi connectivity index (χ0v) is 7.84. The van der Waals surface area contributed by atoms with Gasteiger partial charge in [0.2, 0.25) is 0 Å². The minimum Gasteiger partial charge on any atom is -0.388 e. The van der Waals surface area contributed by atoms with Crippen molar-refractivity contribution < 1.29 is 29.2 Å². The lowest BCUT2D eigenvalue weighted by molar-refractivity contribution is -0.293. The summed E-state index contributed by atoms with van der Waals surface area (Å²) in [5, 5.41) is 28.0. The van der Waals surface area contributed by atoms with Gasteiger partial charge in [-0.1, -0.05) is 0 Å². The molecule has 0 aromatic heterocycles. The Morgan fingerprint density at radius 2 is 1.86 bits per heavy atom. The number of ether oxygens (including phenoxy) is 2. The first-order chi connectivity index (χ1) is 6.57. The standard InChI is InChI=1S/C8H15FO5/c1-4-5(10)6(11)7(12)8(14-4)13-3-2-9/h4-8,10-12H,2-3H2,1H3. The van der Waals surface area contributed by atoms with Crippen molar-refractivity contribution in [3.05, 3.63) is 0 Å². The molecule has 0 aliphatic carbocycles. The van der Waals surface area contributed by atoms with E-state index in [-0.39, 0.29) is 6.61 Å². The fourth-order valence-corrected chi connectivity index (χ4v) is 1.31. The van der Waals surface area contributed by atoms with E-state index in [0.29, 0.717) is 0 Å². The molecule has 84 valence electrons. The molecule has 5 unspecified atom stereocenters. The third-order valence-corrected chi connectivity index (χ3v) is 2.17. The number of hydrogen-bond acceptors (Lipinski definition) is 5. The first-order valence-electron chi connectivity index (χ1n) is 4.45. The number of halogens is 1. The zero-order valence-electron chi connectivity index (χ0n) is 7.84. The second-order valence-corrected chi connectivity index (χ2v) is 3.24. The van der Waals surface area contributed by atoms with Gasteiger partial charge in [-0.3, -0.25) is 0 Å². The summed E-state index contributed by atoms with van der Waals surface area (Å²) in [6.45, 7) is 0.627. The third-order valence-electron chi connectivity index (χ3n) is 2.17. The van der Waals surface area contributed by atoms with E-state index in [1.165, 1.54) is 6.92 Å². The molecule has 0 bridgehead atoms. The molecule has 0 amide bonds. The van der Waals surface area contributed by atoms with Gasteiger partial charge in [0.05, 0.1) is 12.7 Å². The van der Waals surface area contributed by atoms with Gasteiger partial charge in [-0.15, -0.1) is 0 Å². The van der Waals surface area contributed by atoms with Crippen LogP contribution in [0.25, 0.3) is 0 Å². The molecular weight excluding hydrogens is 195 g/mol. The van der Waals surface area contributed by atoms with Gasteiger partial charge in [-0.2, -0.15) is 0 Å². The molecule has 6 heteroatoms. The van der Waals surface area contributed by atoms with Gasteiger partial charge in [0.15, 0.2) is 6.29 Å². The van der Waals surface area contributed by atoms with Crippen molar-refractivity contribution in [1.29, 1.82) is 0 Å². The van der Waals surface area contributed by atoms with Crippen LogP contribution in [0.1, 0.15) is 6.92 Å². The van der Waals surface area contributed by atoms with Gasteiger partial charge < -0.3 is 24.8 Å². The van der Waals surface area contributed by atoms with Gasteiger partial charge in [0.25, 0.3) is 0 Å². The molecule has 1 fully saturated rings. The van der Waals surface area contributed by atoms with E-state index in [2.05, 4.69) is 0 Å². The molecule has 5 atom stereocenters. The van der Waals surface area contributed by atoms with Crippen molar-refractivity contribution in [1.82, 2.24) is 0 Å². The maximum atomic E-state index is 11.8. The maximum Gasteiger partial charge on any atom is 0.186 e. The first kappa shape index (κ1) is 11.8. The van der Waals surface area contributed by atoms with Crippen LogP contribution in [0.2, 0.25) is 0 Å². The fourth-order valence-electron chi connectivity index (χ4n) is 1.31. The minimum atomic E-state index is -1.35. The molecule has 14 heavy (non-hydrogen) atoms. The summed E-state index contributed by atoms with van der Waals surface area (Å²) in [4.78, 5) is 0. The molecule has 1 aliphatic rings. The van der Waals surface area contributed by atoms with Crippen molar-refractivity contribution in [2.45, 2.75) is 37.6 Å². The first-order valence-corrected chi connectivity index (χ1v) is 4.45. The molecule has 1 aliphatic heterocycles. The van der Waals surface area contributed by atoms with Crippen LogP contribution in [0.15, 0.2) is 0 Å². The Hall–Kier alpha value is -0.270. The molecule has 1 heterocycles. The molecule has 1 saturated heterocycles. The Bertz CT molecular complexity index is 179. The molecule has 3 N–H and O–H groups in total. The molecule has 0 saturated carbocycles. The van der Waals surface area contributed by atoms with Crippen LogP contribution >= 0.6 is 0 Å². The number of rotatable bonds is 3. The SMILES string of the molecule is CC1OC(OCCF)C(O)C(O)C1O. The predicted octanol–water partition coefficient (Wildman–Crippen LogP) is -1.20. The highest BCUT2D eigenvalue weighted by molar-refractivity contribution is 4.86. The van der Waals surface area contributed by atoms with Crippen LogP contribution in [-0.2, 0) is 9.47 Å². The van der Waals surface area contributed by atoms with Gasteiger partial charge >= 0.3 is 0 Å². The molecule has 0 radical (unpaired) electrons. The number of aliphatic hydroxyl groups excluding tert-OH is 3. The van der Waals surface area contributed by atoms with E-state index in [0.717, 1.165) is 0 Å². The Kier molecular flexibility index (Phi) is 4.21. The van der Waals surface area contributed by atoms with Gasteiger partial charge in [0.1, 0.15) is 25.0 Å². The van der Waals surface area contributed by atoms with Gasteiger partial charge in [-0.25, -0.2) is 4.39 Å². The van der Waals surface area contributed by atoms with Gasteiger partial charge in [-0.05, 0) is 6.92 Å². The van der Waals surface area contributed by atoms with E-state index in [1.54, 1.807) is 0 Å². The average Bonchev–Trinajstić information content (AvgIpc) is 2.18. The quantitative estimate of drug-likeness (QED) is 0.545. The van der Waals surface area contributed by atoms with Crippen LogP contribution < -0.4 is 0 Å². The smallest absolute Gasteiger partial charge is 0.186 e. The fraction of sp³-hybridized carbons (Fsp3) is 1.00. The summed E-state index contributed by atoms with van der Waals surface area (Å²) in [6, 6.07) is 0. The van der Waals surface area contributed by atoms with Crippen molar-refractivity contribution in [2.75, 3.05) is 13.3 Å². The Morgan fingerprint density at radius 3 is 2.43 bits per heavy atom. The molecular formula is C8H15FO5. The Labute approximate surface area is 81.1 Å². The second-order valence-electron chi connectivity index (χ2n) is 3.24. The van der Waals surface area contributed by atoms with Crippen LogP contribution in [0.3, 0.4) is 0 Å². The highest BCUT2D eigenvalue weighted by Gasteiger charge is 2.42. The molecule has 0 aromatic rings. The summed E-state index contributed by atoms with van der Waals surface area (Å²) in [5.41, 5.74) is 0. The number of aliphatic hydroxyl groups is 3. The average molecular weight is 210 g/mol. The largest absolute Gasteiger partial charge is 0.388 e. The number of alkyl halides is 1. The topological polar surface area (TPSA) is 79.2 Å². The van der Waals surface area contributed by atoms with Crippen molar-refractivity contribution in [3.63, 3.8) is 0 Å². The van der Waals surface area contributed by atoms with Crippen LogP contribution in [0, 0.1) is 0 Å². The Balaban J connectivity index is 2.52. The van der Waals surface area contributed by atoms with E-state index < -0.39 is 37.4 Å². The lowest BCUT2D eigenvalue weighted by atomic mass is 10.0. The summed E-state index contributed by atoms with van der Waals surface area (Å²) < 4.78 is 21.6. The number of hydrogen-bond donors (Lipinski definition) is 3. The normalized spacial score (nSPS) is 43.9. The second kappa shape index (κ2) is 4.99. The molecule has 1 rings (SSSR count). The predicted molar refractivity (Wildman–Crippen MR) is 44.3 cm³/mol. The van der Waals surface area contributed by atoms with Crippen LogP contribution in [-0.4, -0.2) is 59.3 Å². The lowest BCUT2D eigenvalue weighted by Gasteiger charge is -2.38. The van der Waals surface area contributed by atoms with Crippen LogP contribution in [0.5, 0.6) is 0 Å². The summed E-state index contributed by atoms with van der Waals surface area (Å²) >= 11 is 0. The zero-order chi connectivity index (χ0) is 10.7. The third kappa shape index (κ3) is 2.40. The minimum absolute atomic E-state index is 0.211. The summed E-state index contributed by atoms with van der Waals surface area (Å²) in [6.07, 6.45) is -5.58. The van der Waals surface area contributed by atoms with Crippen LogP contribution in [0.4, 0.5) is 4.39 Å². The van der Waals surface area contributed by atoms with Crippen molar-refractivity contribution >= 4 is 0 Å². The van der Waals surface area contributed by atoms with Gasteiger partial charge in [0, 0.05) is 0 Å². The highest BCUT2D eigenvalue weighted by atomic mass is 19.1. The molecule has 5 nitrogen and oxygen atoms in total. The molecule has 0 spiro atoms. The lowest BCUT2D eigenvalue weighted by Crippen LogP contribution is -2.57. The summed E-state index contributed by atoms with van der Waals surface area (Å²) in [5.74, 6) is 0. The molecule has 0 aromatic carbocycles. The monoisotopic (exact) mass is 210 g/mol. The van der Waals surface area contributed by atoms with Crippen molar-refractivity contribution in [2.24, 2.45) is 0 Å². The Morgan fingerprint density at radius 1 is 1.21 bits per heavy atom. The highest BCUT2D eigenvalue weighted by Crippen LogP contribution is 2.21.